The molecule has 0 saturated carbocycles. The molecule has 4 aromatic rings. The molecule has 0 aliphatic carbocycles. The van der Waals surface area contributed by atoms with Crippen molar-refractivity contribution in [3.05, 3.63) is 68.1 Å². The van der Waals surface area contributed by atoms with Crippen molar-refractivity contribution < 1.29 is 0 Å². The number of aryl methyl sites for hydroxylation is 1. The van der Waals surface area contributed by atoms with Gasteiger partial charge in [0.1, 0.15) is 0 Å². The first kappa shape index (κ1) is 20.1. The van der Waals surface area contributed by atoms with Crippen molar-refractivity contribution in [3.63, 3.8) is 0 Å². The molecule has 0 amide bonds. The van der Waals surface area contributed by atoms with Gasteiger partial charge in [-0.2, -0.15) is 5.10 Å². The van der Waals surface area contributed by atoms with E-state index in [1.807, 2.05) is 55.2 Å². The SMILES string of the molecule is C=c1scn/c1=C(/C)N[C@@H](C)c1cc2cccc(-c3cnn(CCC)c3)c2c(=O)[nH]1. The highest BCUT2D eigenvalue weighted by Crippen LogP contribution is 2.27. The van der Waals surface area contributed by atoms with E-state index in [4.69, 9.17) is 0 Å². The van der Waals surface area contributed by atoms with E-state index in [0.717, 1.165) is 50.8 Å². The summed E-state index contributed by atoms with van der Waals surface area (Å²) < 4.78 is 2.84. The molecule has 4 rings (SSSR count). The number of benzene rings is 1. The molecule has 154 valence electrons. The summed E-state index contributed by atoms with van der Waals surface area (Å²) >= 11 is 1.52. The molecule has 0 saturated heterocycles. The van der Waals surface area contributed by atoms with Crippen LogP contribution in [0.3, 0.4) is 0 Å². The van der Waals surface area contributed by atoms with Crippen molar-refractivity contribution in [2.24, 2.45) is 0 Å². The lowest BCUT2D eigenvalue weighted by Gasteiger charge is -2.16. The van der Waals surface area contributed by atoms with Gasteiger partial charge in [0.25, 0.3) is 5.56 Å². The lowest BCUT2D eigenvalue weighted by molar-refractivity contribution is 0.603. The van der Waals surface area contributed by atoms with E-state index >= 15 is 0 Å². The third-order valence-corrected chi connectivity index (χ3v) is 5.87. The molecule has 3 aromatic heterocycles. The van der Waals surface area contributed by atoms with E-state index in [0.29, 0.717) is 5.39 Å². The standard InChI is InChI=1S/C23H25N5OS/c1-5-9-28-12-18(11-25-28)19-8-6-7-17-10-20(27-23(29)21(17)19)14(2)26-15(3)22-16(4)30-13-24-22/h6-8,10-14,26H,4-5,9H2,1-3H3,(H,27,29)/b22-15-/t14-/m0/s1. The van der Waals surface area contributed by atoms with Crippen molar-refractivity contribution in [1.82, 2.24) is 25.1 Å². The molecular formula is C23H25N5OS. The minimum absolute atomic E-state index is 0.0841. The zero-order valence-electron chi connectivity index (χ0n) is 17.4. The topological polar surface area (TPSA) is 75.6 Å². The van der Waals surface area contributed by atoms with Gasteiger partial charge >= 0.3 is 0 Å². The zero-order valence-corrected chi connectivity index (χ0v) is 18.2. The molecule has 0 spiro atoms. The molecule has 6 nitrogen and oxygen atoms in total. The van der Waals surface area contributed by atoms with E-state index in [-0.39, 0.29) is 11.6 Å². The van der Waals surface area contributed by atoms with Crippen molar-refractivity contribution in [1.29, 1.82) is 0 Å². The number of nitrogens with zero attached hydrogens (tertiary/aromatic N) is 3. The van der Waals surface area contributed by atoms with Gasteiger partial charge in [-0.25, -0.2) is 4.98 Å². The number of fused-ring (bicyclic) bond motifs is 1. The summed E-state index contributed by atoms with van der Waals surface area (Å²) in [6.45, 7) is 11.0. The summed E-state index contributed by atoms with van der Waals surface area (Å²) in [5, 5.41) is 10.3. The van der Waals surface area contributed by atoms with Crippen molar-refractivity contribution in [3.8, 4) is 11.1 Å². The highest BCUT2D eigenvalue weighted by atomic mass is 32.1. The van der Waals surface area contributed by atoms with Gasteiger partial charge < -0.3 is 10.3 Å². The van der Waals surface area contributed by atoms with Crippen molar-refractivity contribution in [2.75, 3.05) is 0 Å². The lowest BCUT2D eigenvalue weighted by atomic mass is 10.0. The van der Waals surface area contributed by atoms with Crippen molar-refractivity contribution in [2.45, 2.75) is 39.8 Å². The summed E-state index contributed by atoms with van der Waals surface area (Å²) in [6, 6.07) is 7.89. The van der Waals surface area contributed by atoms with Crippen LogP contribution in [0.5, 0.6) is 0 Å². The van der Waals surface area contributed by atoms with Crippen LogP contribution in [0.25, 0.3) is 34.2 Å². The van der Waals surface area contributed by atoms with Crippen LogP contribution in [-0.2, 0) is 6.54 Å². The molecule has 3 heterocycles. The second-order valence-corrected chi connectivity index (χ2v) is 8.37. The number of pyridine rings is 1. The second-order valence-electron chi connectivity index (χ2n) is 7.43. The predicted molar refractivity (Wildman–Crippen MR) is 124 cm³/mol. The number of aromatic nitrogens is 4. The molecule has 2 N–H and O–H groups in total. The van der Waals surface area contributed by atoms with Crippen LogP contribution in [0.1, 0.15) is 38.9 Å². The smallest absolute Gasteiger partial charge is 0.256 e. The molecule has 1 aromatic carbocycles. The fraction of sp³-hybridized carbons (Fsp3) is 0.261. The van der Waals surface area contributed by atoms with Crippen molar-refractivity contribution >= 4 is 34.4 Å². The van der Waals surface area contributed by atoms with Gasteiger partial charge in [-0.05, 0) is 37.3 Å². The Morgan fingerprint density at radius 1 is 1.40 bits per heavy atom. The number of aromatic amines is 1. The molecule has 1 atom stereocenters. The van der Waals surface area contributed by atoms with Crippen LogP contribution in [0.15, 0.2) is 47.0 Å². The number of nitrogens with one attached hydrogen (secondary N) is 2. The van der Waals surface area contributed by atoms with Gasteiger partial charge in [-0.3, -0.25) is 9.48 Å². The fourth-order valence-electron chi connectivity index (χ4n) is 3.72. The molecule has 0 fully saturated rings. The first-order valence-corrected chi connectivity index (χ1v) is 10.9. The van der Waals surface area contributed by atoms with Gasteiger partial charge in [0.15, 0.2) is 0 Å². The molecule has 0 bridgehead atoms. The minimum Gasteiger partial charge on any atom is -0.379 e. The van der Waals surface area contributed by atoms with E-state index < -0.39 is 0 Å². The van der Waals surface area contributed by atoms with E-state index in [1.54, 1.807) is 5.51 Å². The summed E-state index contributed by atoms with van der Waals surface area (Å²) in [5.74, 6) is 0. The molecule has 0 aliphatic rings. The Kier molecular flexibility index (Phi) is 5.55. The molecule has 30 heavy (non-hydrogen) atoms. The number of thiazole rings is 1. The Labute approximate surface area is 178 Å². The van der Waals surface area contributed by atoms with Gasteiger partial charge in [-0.1, -0.05) is 31.7 Å². The molecular weight excluding hydrogens is 394 g/mol. The van der Waals surface area contributed by atoms with Gasteiger partial charge in [0, 0.05) is 34.2 Å². The Morgan fingerprint density at radius 3 is 2.97 bits per heavy atom. The molecule has 7 heteroatoms. The lowest BCUT2D eigenvalue weighted by Crippen LogP contribution is -2.30. The fourth-order valence-corrected chi connectivity index (χ4v) is 4.32. The average Bonchev–Trinajstić information content (AvgIpc) is 3.36. The highest BCUT2D eigenvalue weighted by molar-refractivity contribution is 7.07. The third kappa shape index (κ3) is 3.80. The van der Waals surface area contributed by atoms with Crippen LogP contribution in [0.2, 0.25) is 0 Å². The van der Waals surface area contributed by atoms with Gasteiger partial charge in [0.2, 0.25) is 0 Å². The summed E-state index contributed by atoms with van der Waals surface area (Å²) in [6.07, 6.45) is 4.83. The second kappa shape index (κ2) is 8.28. The van der Waals surface area contributed by atoms with Crippen LogP contribution in [0, 0.1) is 0 Å². The number of rotatable bonds is 6. The Bertz CT molecular complexity index is 1360. The van der Waals surface area contributed by atoms with E-state index in [2.05, 4.69) is 33.9 Å². The monoisotopic (exact) mass is 419 g/mol. The van der Waals surface area contributed by atoms with Gasteiger partial charge in [0.05, 0.1) is 28.5 Å². The van der Waals surface area contributed by atoms with Crippen LogP contribution < -0.4 is 20.8 Å². The third-order valence-electron chi connectivity index (χ3n) is 5.19. The average molecular weight is 420 g/mol. The van der Waals surface area contributed by atoms with Crippen LogP contribution in [-0.4, -0.2) is 19.7 Å². The molecule has 0 aliphatic heterocycles. The largest absolute Gasteiger partial charge is 0.379 e. The molecule has 0 unspecified atom stereocenters. The molecule has 0 radical (unpaired) electrons. The maximum atomic E-state index is 13.1. The Morgan fingerprint density at radius 2 is 2.23 bits per heavy atom. The predicted octanol–water partition coefficient (Wildman–Crippen LogP) is 3.15. The van der Waals surface area contributed by atoms with Crippen LogP contribution >= 0.6 is 11.3 Å². The van der Waals surface area contributed by atoms with E-state index in [9.17, 15) is 4.79 Å². The Hall–Kier alpha value is -3.19. The number of hydrogen-bond acceptors (Lipinski definition) is 5. The van der Waals surface area contributed by atoms with Crippen LogP contribution in [0.4, 0.5) is 0 Å². The summed E-state index contributed by atoms with van der Waals surface area (Å²) in [7, 11) is 0. The normalized spacial score (nSPS) is 13.4. The summed E-state index contributed by atoms with van der Waals surface area (Å²) in [5.41, 5.74) is 5.30. The summed E-state index contributed by atoms with van der Waals surface area (Å²) in [4.78, 5) is 20.5. The zero-order chi connectivity index (χ0) is 21.3. The number of H-pyrrole nitrogens is 1. The van der Waals surface area contributed by atoms with E-state index in [1.165, 1.54) is 11.3 Å². The maximum Gasteiger partial charge on any atom is 0.256 e. The first-order valence-electron chi connectivity index (χ1n) is 10.0. The minimum atomic E-state index is -0.0980. The van der Waals surface area contributed by atoms with Gasteiger partial charge in [-0.15, -0.1) is 11.3 Å². The first-order chi connectivity index (χ1) is 14.5. The maximum absolute atomic E-state index is 13.1. The Balaban J connectivity index is 1.73. The highest BCUT2D eigenvalue weighted by Gasteiger charge is 2.14. The quantitative estimate of drug-likeness (QED) is 0.503. The number of hydrogen-bond donors (Lipinski definition) is 2.